The quantitative estimate of drug-likeness (QED) is 0.765. The van der Waals surface area contributed by atoms with Crippen LogP contribution in [0.3, 0.4) is 0 Å². The maximum atomic E-state index is 14.7. The van der Waals surface area contributed by atoms with Crippen molar-refractivity contribution in [2.24, 2.45) is 10.9 Å². The van der Waals surface area contributed by atoms with Gasteiger partial charge < -0.3 is 10.1 Å². The number of nitrogens with zero attached hydrogens (tertiary/aromatic N) is 1. The fraction of sp³-hybridized carbons (Fsp3) is 0.182. The maximum Gasteiger partial charge on any atom is 0.257 e. The second kappa shape index (κ2) is 7.72. The molecule has 2 aliphatic rings. The molecule has 2 heterocycles. The Hall–Kier alpha value is -3.11. The number of hydrogen-bond acceptors (Lipinski definition) is 4. The van der Waals surface area contributed by atoms with Crippen LogP contribution in [0.4, 0.5) is 8.78 Å². The van der Waals surface area contributed by atoms with Gasteiger partial charge in [-0.3, -0.25) is 4.79 Å². The molecule has 0 saturated carbocycles. The number of amidine groups is 1. The first kappa shape index (κ1) is 19.2. The Bertz CT molecular complexity index is 1060. The monoisotopic (exact) mass is 410 g/mol. The van der Waals surface area contributed by atoms with Gasteiger partial charge in [-0.15, -0.1) is 6.42 Å². The molecule has 0 unspecified atom stereocenters. The fourth-order valence-electron chi connectivity index (χ4n) is 3.44. The smallest absolute Gasteiger partial charge is 0.257 e. The van der Waals surface area contributed by atoms with Crippen molar-refractivity contribution in [3.63, 3.8) is 0 Å². The van der Waals surface area contributed by atoms with Gasteiger partial charge >= 0.3 is 0 Å². The highest BCUT2D eigenvalue weighted by Crippen LogP contribution is 2.45. The Kier molecular flexibility index (Phi) is 5.12. The van der Waals surface area contributed by atoms with E-state index >= 15 is 0 Å². The molecule has 0 bridgehead atoms. The van der Waals surface area contributed by atoms with Crippen molar-refractivity contribution in [1.29, 1.82) is 0 Å². The van der Waals surface area contributed by atoms with Crippen molar-refractivity contribution >= 4 is 22.8 Å². The minimum absolute atomic E-state index is 0.0124. The van der Waals surface area contributed by atoms with E-state index in [0.717, 1.165) is 6.07 Å². The van der Waals surface area contributed by atoms with Crippen LogP contribution in [0.2, 0.25) is 0 Å². The van der Waals surface area contributed by atoms with Crippen LogP contribution in [0.1, 0.15) is 15.9 Å². The molecule has 2 aliphatic heterocycles. The molecule has 2 aromatic carbocycles. The number of halogens is 2. The number of benzene rings is 2. The zero-order valence-electron chi connectivity index (χ0n) is 15.2. The number of nitrogens with one attached hydrogen (secondary N) is 1. The normalized spacial score (nSPS) is 23.0. The summed E-state index contributed by atoms with van der Waals surface area (Å²) in [5.41, 5.74) is -0.472. The highest BCUT2D eigenvalue weighted by molar-refractivity contribution is 8.13. The van der Waals surface area contributed by atoms with Crippen LogP contribution >= 0.6 is 11.8 Å². The summed E-state index contributed by atoms with van der Waals surface area (Å²) in [4.78, 5) is 17.2. The summed E-state index contributed by atoms with van der Waals surface area (Å²) in [6.07, 6.45) is 7.18. The van der Waals surface area contributed by atoms with Crippen molar-refractivity contribution < 1.29 is 18.3 Å². The number of carbonyl (C=O) groups is 1. The molecule has 0 spiro atoms. The molecule has 0 saturated heterocycles. The lowest BCUT2D eigenvalue weighted by Crippen LogP contribution is -2.47. The number of hydrogen-bond donors (Lipinski definition) is 1. The van der Waals surface area contributed by atoms with Crippen LogP contribution < -0.4 is 5.32 Å². The van der Waals surface area contributed by atoms with Gasteiger partial charge in [-0.2, -0.15) is 0 Å². The molecule has 1 N–H and O–H groups in total. The predicted octanol–water partition coefficient (Wildman–Crippen LogP) is 3.86. The highest BCUT2D eigenvalue weighted by Gasteiger charge is 2.47. The first-order chi connectivity index (χ1) is 14.0. The number of fused-ring (bicyclic) bond motifs is 1. The first-order valence-electron chi connectivity index (χ1n) is 8.87. The molecule has 0 fully saturated rings. The van der Waals surface area contributed by atoms with Crippen LogP contribution in [-0.4, -0.2) is 23.4 Å². The number of rotatable bonds is 2. The summed E-state index contributed by atoms with van der Waals surface area (Å²) in [5.74, 6) is 1.32. The van der Waals surface area contributed by atoms with Gasteiger partial charge in [0, 0.05) is 28.9 Å². The molecule has 0 aromatic heterocycles. The summed E-state index contributed by atoms with van der Waals surface area (Å²) in [5, 5.41) is 3.13. The molecule has 29 heavy (non-hydrogen) atoms. The summed E-state index contributed by atoms with van der Waals surface area (Å²) in [7, 11) is 0. The summed E-state index contributed by atoms with van der Waals surface area (Å²) >= 11 is 1.34. The number of allylic oxidation sites excluding steroid dienone is 1. The lowest BCUT2D eigenvalue weighted by atomic mass is 9.78. The third-order valence-corrected chi connectivity index (χ3v) is 5.90. The molecule has 4 rings (SSSR count). The Labute approximate surface area is 171 Å². The molecular weight excluding hydrogens is 394 g/mol. The van der Waals surface area contributed by atoms with E-state index < -0.39 is 17.2 Å². The average Bonchev–Trinajstić information content (AvgIpc) is 2.73. The van der Waals surface area contributed by atoms with Gasteiger partial charge in [-0.1, -0.05) is 36.0 Å². The van der Waals surface area contributed by atoms with Crippen molar-refractivity contribution in [2.75, 3.05) is 12.4 Å². The third kappa shape index (κ3) is 3.64. The third-order valence-electron chi connectivity index (χ3n) is 4.91. The first-order valence-corrected chi connectivity index (χ1v) is 9.86. The van der Waals surface area contributed by atoms with Crippen LogP contribution in [0.5, 0.6) is 0 Å². The minimum Gasteiger partial charge on any atom is -0.483 e. The van der Waals surface area contributed by atoms with Crippen LogP contribution in [0, 0.1) is 29.9 Å². The maximum absolute atomic E-state index is 14.7. The SMILES string of the molecule is C#CC1=C[C@H]2CSC(NC(=O)c3ccccc3)=N[C@@]2(c2ccc(F)cc2F)CO1. The van der Waals surface area contributed by atoms with Gasteiger partial charge in [0.15, 0.2) is 10.9 Å². The number of amides is 1. The fourth-order valence-corrected chi connectivity index (χ4v) is 4.54. The van der Waals surface area contributed by atoms with Crippen molar-refractivity contribution in [3.8, 4) is 12.3 Å². The zero-order valence-corrected chi connectivity index (χ0v) is 16.0. The topological polar surface area (TPSA) is 50.7 Å². The van der Waals surface area contributed by atoms with E-state index in [-0.39, 0.29) is 24.0 Å². The van der Waals surface area contributed by atoms with E-state index in [9.17, 15) is 13.6 Å². The van der Waals surface area contributed by atoms with E-state index in [2.05, 4.69) is 16.2 Å². The van der Waals surface area contributed by atoms with Crippen LogP contribution in [-0.2, 0) is 10.3 Å². The van der Waals surface area contributed by atoms with Gasteiger partial charge in [-0.25, -0.2) is 13.8 Å². The van der Waals surface area contributed by atoms with Gasteiger partial charge in [0.2, 0.25) is 0 Å². The Morgan fingerprint density at radius 2 is 2.07 bits per heavy atom. The number of carbonyl (C=O) groups excluding carboxylic acids is 1. The number of aliphatic imine (C=N–C) groups is 1. The Morgan fingerprint density at radius 1 is 1.28 bits per heavy atom. The van der Waals surface area contributed by atoms with E-state index in [1.807, 2.05) is 6.07 Å². The standard InChI is InChI=1S/C22H16F2N2O2S/c1-2-17-10-15-12-29-21(25-20(27)14-6-4-3-5-7-14)26-22(15,13-28-17)18-9-8-16(23)11-19(18)24/h1,3-11,15H,12-13H2,(H,25,26,27)/t15-,22-/m0/s1. The predicted molar refractivity (Wildman–Crippen MR) is 108 cm³/mol. The van der Waals surface area contributed by atoms with Crippen LogP contribution in [0.15, 0.2) is 65.4 Å². The van der Waals surface area contributed by atoms with E-state index in [4.69, 9.17) is 11.2 Å². The molecule has 4 nitrogen and oxygen atoms in total. The second-order valence-electron chi connectivity index (χ2n) is 6.67. The number of terminal acetylenes is 1. The molecule has 7 heteroatoms. The molecule has 2 atom stereocenters. The summed E-state index contributed by atoms with van der Waals surface area (Å²) < 4.78 is 33.8. The van der Waals surface area contributed by atoms with Crippen molar-refractivity contribution in [3.05, 3.63) is 83.1 Å². The number of thioether (sulfide) groups is 1. The summed E-state index contributed by atoms with van der Waals surface area (Å²) in [6, 6.07) is 12.1. The van der Waals surface area contributed by atoms with E-state index in [1.165, 1.54) is 23.9 Å². The Morgan fingerprint density at radius 3 is 2.79 bits per heavy atom. The number of ether oxygens (including phenoxy) is 1. The van der Waals surface area contributed by atoms with Gasteiger partial charge in [0.25, 0.3) is 5.91 Å². The molecular formula is C22H16F2N2O2S. The van der Waals surface area contributed by atoms with Gasteiger partial charge in [0.1, 0.15) is 23.8 Å². The molecule has 0 aliphatic carbocycles. The van der Waals surface area contributed by atoms with Gasteiger partial charge in [0.05, 0.1) is 0 Å². The van der Waals surface area contributed by atoms with Gasteiger partial charge in [-0.05, 0) is 30.2 Å². The average molecular weight is 410 g/mol. The van der Waals surface area contributed by atoms with Crippen LogP contribution in [0.25, 0.3) is 0 Å². The van der Waals surface area contributed by atoms with E-state index in [1.54, 1.807) is 30.3 Å². The lowest BCUT2D eigenvalue weighted by molar-refractivity contribution is 0.0968. The van der Waals surface area contributed by atoms with Crippen molar-refractivity contribution in [2.45, 2.75) is 5.54 Å². The van der Waals surface area contributed by atoms with Crippen molar-refractivity contribution in [1.82, 2.24) is 5.32 Å². The highest BCUT2D eigenvalue weighted by atomic mass is 32.2. The summed E-state index contributed by atoms with van der Waals surface area (Å²) in [6.45, 7) is -0.0124. The molecule has 1 amide bonds. The zero-order chi connectivity index (χ0) is 20.4. The molecule has 146 valence electrons. The molecule has 2 aromatic rings. The largest absolute Gasteiger partial charge is 0.483 e. The second-order valence-corrected chi connectivity index (χ2v) is 7.68. The lowest BCUT2D eigenvalue weighted by Gasteiger charge is -2.42. The van der Waals surface area contributed by atoms with E-state index in [0.29, 0.717) is 22.2 Å². The minimum atomic E-state index is -1.15. The Balaban J connectivity index is 1.74. The molecule has 0 radical (unpaired) electrons.